The highest BCUT2D eigenvalue weighted by Crippen LogP contribution is 2.31. The fourth-order valence-electron chi connectivity index (χ4n) is 4.08. The van der Waals surface area contributed by atoms with Gasteiger partial charge in [-0.05, 0) is 43.9 Å². The van der Waals surface area contributed by atoms with Crippen molar-refractivity contribution < 1.29 is 14.6 Å². The molecule has 1 aliphatic carbocycles. The van der Waals surface area contributed by atoms with Gasteiger partial charge in [-0.1, -0.05) is 0 Å². The van der Waals surface area contributed by atoms with Gasteiger partial charge in [0.1, 0.15) is 5.75 Å². The zero-order valence-corrected chi connectivity index (χ0v) is 16.5. The average molecular weight is 406 g/mol. The van der Waals surface area contributed by atoms with Gasteiger partial charge in [0.05, 0.1) is 36.5 Å². The predicted octanol–water partition coefficient (Wildman–Crippen LogP) is 2.82. The van der Waals surface area contributed by atoms with Crippen LogP contribution in [0.4, 0.5) is 5.82 Å². The van der Waals surface area contributed by atoms with Crippen LogP contribution in [0.5, 0.6) is 5.75 Å². The van der Waals surface area contributed by atoms with Gasteiger partial charge in [0.15, 0.2) is 11.5 Å². The summed E-state index contributed by atoms with van der Waals surface area (Å²) in [6.07, 6.45) is 8.34. The third-order valence-corrected chi connectivity index (χ3v) is 5.60. The molecule has 3 aromatic heterocycles. The van der Waals surface area contributed by atoms with E-state index in [1.165, 1.54) is 7.11 Å². The number of methoxy groups -OCH3 is 1. The van der Waals surface area contributed by atoms with E-state index in [-0.39, 0.29) is 18.1 Å². The first-order valence-electron chi connectivity index (χ1n) is 9.97. The summed E-state index contributed by atoms with van der Waals surface area (Å²) in [6, 6.07) is 7.31. The van der Waals surface area contributed by atoms with Crippen molar-refractivity contribution in [2.75, 3.05) is 12.4 Å². The van der Waals surface area contributed by atoms with Crippen molar-refractivity contribution in [3.05, 3.63) is 48.4 Å². The lowest BCUT2D eigenvalue weighted by Gasteiger charge is -2.25. The molecular weight excluding hydrogens is 384 g/mol. The van der Waals surface area contributed by atoms with Crippen molar-refractivity contribution in [1.29, 1.82) is 0 Å². The van der Waals surface area contributed by atoms with Gasteiger partial charge < -0.3 is 15.2 Å². The summed E-state index contributed by atoms with van der Waals surface area (Å²) in [6.45, 7) is 0. The molecule has 2 atom stereocenters. The molecule has 1 aliphatic rings. The van der Waals surface area contributed by atoms with Crippen LogP contribution >= 0.6 is 0 Å². The monoisotopic (exact) mass is 406 g/mol. The molecule has 0 spiro atoms. The molecule has 4 aromatic rings. The Labute approximate surface area is 172 Å². The summed E-state index contributed by atoms with van der Waals surface area (Å²) < 4.78 is 8.94. The van der Waals surface area contributed by atoms with Crippen LogP contribution in [0.2, 0.25) is 0 Å². The Bertz CT molecular complexity index is 1230. The molecule has 5 rings (SSSR count). The van der Waals surface area contributed by atoms with E-state index in [0.717, 1.165) is 30.2 Å². The molecule has 154 valence electrons. The molecule has 1 amide bonds. The number of ether oxygens (including phenoxy) is 1. The normalized spacial score (nSPS) is 19.3. The first-order chi connectivity index (χ1) is 14.6. The fourth-order valence-corrected chi connectivity index (χ4v) is 4.08. The summed E-state index contributed by atoms with van der Waals surface area (Å²) >= 11 is 0. The molecule has 0 aliphatic heterocycles. The topological polar surface area (TPSA) is 107 Å². The van der Waals surface area contributed by atoms with Crippen LogP contribution in [0.15, 0.2) is 42.9 Å². The first-order valence-corrected chi connectivity index (χ1v) is 9.97. The third-order valence-electron chi connectivity index (χ3n) is 5.60. The summed E-state index contributed by atoms with van der Waals surface area (Å²) in [7, 11) is 1.53. The Balaban J connectivity index is 1.47. The third kappa shape index (κ3) is 3.26. The van der Waals surface area contributed by atoms with E-state index in [1.54, 1.807) is 35.1 Å². The van der Waals surface area contributed by atoms with Crippen LogP contribution in [-0.2, 0) is 0 Å². The molecular formula is C21H22N6O3. The number of carbonyl (C=O) groups is 1. The number of nitrogens with one attached hydrogen (secondary N) is 1. The van der Waals surface area contributed by atoms with Crippen molar-refractivity contribution in [1.82, 2.24) is 24.4 Å². The van der Waals surface area contributed by atoms with Gasteiger partial charge in [-0.15, -0.1) is 0 Å². The molecule has 1 aromatic carbocycles. The van der Waals surface area contributed by atoms with E-state index >= 15 is 0 Å². The molecule has 0 bridgehead atoms. The maximum Gasteiger partial charge on any atom is 0.260 e. The summed E-state index contributed by atoms with van der Waals surface area (Å²) in [5.41, 5.74) is 1.80. The highest BCUT2D eigenvalue weighted by atomic mass is 16.5. The number of fused-ring (bicyclic) bond motifs is 2. The van der Waals surface area contributed by atoms with Gasteiger partial charge in [0.25, 0.3) is 5.91 Å². The first kappa shape index (κ1) is 18.6. The summed E-state index contributed by atoms with van der Waals surface area (Å²) in [5.74, 6) is 0.599. The van der Waals surface area contributed by atoms with E-state index in [1.807, 2.05) is 16.9 Å². The van der Waals surface area contributed by atoms with Crippen molar-refractivity contribution in [3.8, 4) is 5.75 Å². The summed E-state index contributed by atoms with van der Waals surface area (Å²) in [4.78, 5) is 17.3. The predicted molar refractivity (Wildman–Crippen MR) is 111 cm³/mol. The van der Waals surface area contributed by atoms with Crippen molar-refractivity contribution in [2.45, 2.75) is 37.8 Å². The number of hydrogen-bond acceptors (Lipinski definition) is 6. The summed E-state index contributed by atoms with van der Waals surface area (Å²) in [5, 5.41) is 22.6. The number of rotatable bonds is 4. The molecule has 1 fully saturated rings. The number of anilines is 1. The Kier molecular flexibility index (Phi) is 4.59. The Morgan fingerprint density at radius 3 is 3.07 bits per heavy atom. The molecule has 1 saturated carbocycles. The number of aromatic nitrogens is 5. The lowest BCUT2D eigenvalue weighted by atomic mass is 9.93. The second-order valence-electron chi connectivity index (χ2n) is 7.59. The zero-order chi connectivity index (χ0) is 20.7. The zero-order valence-electron chi connectivity index (χ0n) is 16.5. The van der Waals surface area contributed by atoms with Crippen LogP contribution in [0, 0.1) is 0 Å². The molecule has 0 unspecified atom stereocenters. The average Bonchev–Trinajstić information content (AvgIpc) is 3.36. The quantitative estimate of drug-likeness (QED) is 0.540. The number of aliphatic hydroxyl groups excluding tert-OH is 1. The lowest BCUT2D eigenvalue weighted by Crippen LogP contribution is -2.22. The number of amides is 1. The molecule has 0 radical (unpaired) electrons. The van der Waals surface area contributed by atoms with E-state index < -0.39 is 0 Å². The van der Waals surface area contributed by atoms with Crippen LogP contribution in [0.25, 0.3) is 16.6 Å². The minimum Gasteiger partial charge on any atom is -0.496 e. The van der Waals surface area contributed by atoms with Gasteiger partial charge in [0, 0.05) is 23.8 Å². The Morgan fingerprint density at radius 1 is 1.33 bits per heavy atom. The second-order valence-corrected chi connectivity index (χ2v) is 7.59. The lowest BCUT2D eigenvalue weighted by molar-refractivity contribution is 0.100. The van der Waals surface area contributed by atoms with Gasteiger partial charge in [-0.3, -0.25) is 9.48 Å². The fraction of sp³-hybridized carbons (Fsp3) is 0.333. The van der Waals surface area contributed by atoms with Crippen LogP contribution in [0.3, 0.4) is 0 Å². The maximum atomic E-state index is 13.0. The second kappa shape index (κ2) is 7.42. The van der Waals surface area contributed by atoms with Gasteiger partial charge in [-0.2, -0.15) is 14.7 Å². The molecule has 9 heteroatoms. The molecule has 0 saturated heterocycles. The SMILES string of the molecule is COc1cc2nn([C@H]3CCC[C@@H](O)C3)cc2cc1C(=O)Nc1cnc2cccnn12. The number of imidazole rings is 1. The van der Waals surface area contributed by atoms with Crippen LogP contribution in [-0.4, -0.2) is 48.6 Å². The standard InChI is InChI=1S/C21H22N6O3/c1-30-18-10-17-13(12-26(25-17)14-4-2-5-15(28)9-14)8-16(18)21(29)24-20-11-22-19-6-3-7-23-27(19)20/h3,6-8,10-12,14-15,28H,2,4-5,9H2,1H3,(H,24,29)/t14-,15+/m0/s1. The van der Waals surface area contributed by atoms with E-state index in [4.69, 9.17) is 4.74 Å². The Morgan fingerprint density at radius 2 is 2.23 bits per heavy atom. The van der Waals surface area contributed by atoms with Crippen molar-refractivity contribution in [2.24, 2.45) is 0 Å². The van der Waals surface area contributed by atoms with Gasteiger partial charge in [-0.25, -0.2) is 4.98 Å². The minimum absolute atomic E-state index is 0.161. The number of nitrogens with zero attached hydrogens (tertiary/aromatic N) is 5. The van der Waals surface area contributed by atoms with Gasteiger partial charge in [0.2, 0.25) is 0 Å². The minimum atomic E-state index is -0.318. The van der Waals surface area contributed by atoms with Crippen LogP contribution < -0.4 is 10.1 Å². The highest BCUT2D eigenvalue weighted by molar-refractivity contribution is 6.08. The van der Waals surface area contributed by atoms with E-state index in [0.29, 0.717) is 29.2 Å². The van der Waals surface area contributed by atoms with Gasteiger partial charge >= 0.3 is 0 Å². The number of benzene rings is 1. The number of aliphatic hydroxyl groups is 1. The Hall–Kier alpha value is -3.46. The van der Waals surface area contributed by atoms with E-state index in [2.05, 4.69) is 20.5 Å². The molecule has 3 heterocycles. The van der Waals surface area contributed by atoms with Crippen molar-refractivity contribution in [3.63, 3.8) is 0 Å². The highest BCUT2D eigenvalue weighted by Gasteiger charge is 2.23. The molecule has 9 nitrogen and oxygen atoms in total. The number of carbonyl (C=O) groups excluding carboxylic acids is 1. The molecule has 2 N–H and O–H groups in total. The molecule has 30 heavy (non-hydrogen) atoms. The maximum absolute atomic E-state index is 13.0. The number of hydrogen-bond donors (Lipinski definition) is 2. The van der Waals surface area contributed by atoms with Crippen molar-refractivity contribution >= 4 is 28.3 Å². The van der Waals surface area contributed by atoms with Crippen LogP contribution in [0.1, 0.15) is 42.1 Å². The smallest absolute Gasteiger partial charge is 0.260 e. The largest absolute Gasteiger partial charge is 0.496 e. The van der Waals surface area contributed by atoms with E-state index in [9.17, 15) is 9.90 Å².